The van der Waals surface area contributed by atoms with E-state index in [9.17, 15) is 4.79 Å². The van der Waals surface area contributed by atoms with Crippen LogP contribution in [-0.4, -0.2) is 42.0 Å². The fourth-order valence-electron chi connectivity index (χ4n) is 2.80. The Kier molecular flexibility index (Phi) is 4.99. The molecular weight excluding hydrogens is 318 g/mol. The number of carbonyl (C=O) groups excluding carboxylic acids is 1. The van der Waals surface area contributed by atoms with Gasteiger partial charge in [-0.15, -0.1) is 0 Å². The molecule has 4 heteroatoms. The van der Waals surface area contributed by atoms with Crippen LogP contribution in [-0.2, 0) is 4.74 Å². The molecule has 1 aromatic carbocycles. The molecule has 1 aromatic rings. The highest BCUT2D eigenvalue weighted by Gasteiger charge is 2.31. The van der Waals surface area contributed by atoms with Gasteiger partial charge in [-0.05, 0) is 32.9 Å². The molecule has 2 rings (SSSR count). The molecule has 0 amide bonds. The number of hydrogen-bond acceptors (Lipinski definition) is 3. The second kappa shape index (κ2) is 6.37. The van der Waals surface area contributed by atoms with Crippen molar-refractivity contribution in [2.75, 3.05) is 19.6 Å². The molecule has 3 nitrogen and oxygen atoms in total. The third-order valence-corrected chi connectivity index (χ3v) is 3.99. The minimum Gasteiger partial charge on any atom is -0.370 e. The summed E-state index contributed by atoms with van der Waals surface area (Å²) >= 11 is 3.38. The van der Waals surface area contributed by atoms with Crippen molar-refractivity contribution in [3.63, 3.8) is 0 Å². The first-order valence-electron chi connectivity index (χ1n) is 7.05. The molecule has 0 aromatic heterocycles. The van der Waals surface area contributed by atoms with E-state index in [2.05, 4.69) is 41.6 Å². The Morgan fingerprint density at radius 3 is 2.65 bits per heavy atom. The third kappa shape index (κ3) is 4.40. The van der Waals surface area contributed by atoms with Crippen molar-refractivity contribution in [1.82, 2.24) is 4.90 Å². The van der Waals surface area contributed by atoms with Gasteiger partial charge in [-0.2, -0.15) is 0 Å². The summed E-state index contributed by atoms with van der Waals surface area (Å²) in [6, 6.07) is 7.57. The van der Waals surface area contributed by atoms with Gasteiger partial charge in [-0.3, -0.25) is 9.69 Å². The molecule has 110 valence electrons. The van der Waals surface area contributed by atoms with Gasteiger partial charge < -0.3 is 4.74 Å². The van der Waals surface area contributed by atoms with Crippen molar-refractivity contribution >= 4 is 21.7 Å². The lowest BCUT2D eigenvalue weighted by Crippen LogP contribution is -2.52. The molecule has 1 aliphatic rings. The Hall–Kier alpha value is -0.710. The van der Waals surface area contributed by atoms with Crippen molar-refractivity contribution in [1.29, 1.82) is 0 Å². The van der Waals surface area contributed by atoms with Crippen molar-refractivity contribution in [2.24, 2.45) is 0 Å². The largest absolute Gasteiger partial charge is 0.370 e. The van der Waals surface area contributed by atoms with E-state index in [0.717, 1.165) is 29.7 Å². The highest BCUT2D eigenvalue weighted by molar-refractivity contribution is 9.10. The Morgan fingerprint density at radius 1 is 1.40 bits per heavy atom. The zero-order valence-corrected chi connectivity index (χ0v) is 13.9. The molecule has 0 spiro atoms. The number of ketones is 1. The summed E-state index contributed by atoms with van der Waals surface area (Å²) in [5, 5.41) is 0. The van der Waals surface area contributed by atoms with E-state index in [1.807, 2.05) is 24.3 Å². The molecule has 1 heterocycles. The average molecular weight is 340 g/mol. The van der Waals surface area contributed by atoms with Gasteiger partial charge in [0.15, 0.2) is 5.78 Å². The number of nitrogens with zero attached hydrogens (tertiary/aromatic N) is 1. The molecule has 0 radical (unpaired) electrons. The maximum Gasteiger partial charge on any atom is 0.164 e. The minimum atomic E-state index is -0.127. The first-order valence-corrected chi connectivity index (χ1v) is 7.84. The molecule has 1 unspecified atom stereocenters. The van der Waals surface area contributed by atoms with Crippen LogP contribution in [0.5, 0.6) is 0 Å². The number of benzene rings is 1. The predicted molar refractivity (Wildman–Crippen MR) is 84.2 cm³/mol. The second-order valence-electron chi connectivity index (χ2n) is 6.10. The topological polar surface area (TPSA) is 29.5 Å². The number of hydrogen-bond donors (Lipinski definition) is 0. The second-order valence-corrected chi connectivity index (χ2v) is 7.02. The lowest BCUT2D eigenvalue weighted by atomic mass is 10.0. The van der Waals surface area contributed by atoms with E-state index < -0.39 is 0 Å². The van der Waals surface area contributed by atoms with Crippen LogP contribution in [0.15, 0.2) is 28.7 Å². The summed E-state index contributed by atoms with van der Waals surface area (Å²) in [4.78, 5) is 14.5. The first kappa shape index (κ1) is 15.7. The van der Waals surface area contributed by atoms with Gasteiger partial charge in [0.05, 0.1) is 11.7 Å². The summed E-state index contributed by atoms with van der Waals surface area (Å²) in [5.74, 6) is 0.203. The van der Waals surface area contributed by atoms with E-state index in [1.54, 1.807) is 0 Å². The average Bonchev–Trinajstić information content (AvgIpc) is 2.34. The molecule has 0 saturated carbocycles. The Morgan fingerprint density at radius 2 is 2.05 bits per heavy atom. The minimum absolute atomic E-state index is 0.127. The van der Waals surface area contributed by atoms with Gasteiger partial charge in [0.2, 0.25) is 0 Å². The highest BCUT2D eigenvalue weighted by Crippen LogP contribution is 2.21. The van der Waals surface area contributed by atoms with Crippen LogP contribution < -0.4 is 0 Å². The quantitative estimate of drug-likeness (QED) is 0.786. The van der Waals surface area contributed by atoms with Crippen LogP contribution in [0.2, 0.25) is 0 Å². The zero-order chi connectivity index (χ0) is 14.8. The summed E-state index contributed by atoms with van der Waals surface area (Å²) in [7, 11) is 0. The highest BCUT2D eigenvalue weighted by atomic mass is 79.9. The Balaban J connectivity index is 1.88. The lowest BCUT2D eigenvalue weighted by molar-refractivity contribution is -0.128. The summed E-state index contributed by atoms with van der Waals surface area (Å²) in [5.41, 5.74) is 0.659. The number of morpholine rings is 1. The fraction of sp³-hybridized carbons (Fsp3) is 0.562. The number of rotatable bonds is 4. The maximum absolute atomic E-state index is 12.2. The molecule has 20 heavy (non-hydrogen) atoms. The lowest BCUT2D eigenvalue weighted by Gasteiger charge is -2.41. The maximum atomic E-state index is 12.2. The van der Waals surface area contributed by atoms with E-state index in [0.29, 0.717) is 6.42 Å². The zero-order valence-electron chi connectivity index (χ0n) is 12.4. The SMILES string of the molecule is CC1CN(CCC(=O)c2ccc(Br)cc2)CC(C)(C)O1. The number of carbonyl (C=O) groups is 1. The van der Waals surface area contributed by atoms with Crippen LogP contribution in [0.3, 0.4) is 0 Å². The van der Waals surface area contributed by atoms with Gasteiger partial charge in [0, 0.05) is 36.1 Å². The van der Waals surface area contributed by atoms with Gasteiger partial charge in [0.25, 0.3) is 0 Å². The number of halogens is 1. The number of Topliss-reactive ketones (excluding diaryl/α,β-unsaturated/α-hetero) is 1. The summed E-state index contributed by atoms with van der Waals surface area (Å²) < 4.78 is 6.87. The van der Waals surface area contributed by atoms with E-state index in [1.165, 1.54) is 0 Å². The van der Waals surface area contributed by atoms with Crippen molar-refractivity contribution < 1.29 is 9.53 Å². The van der Waals surface area contributed by atoms with Gasteiger partial charge in [-0.1, -0.05) is 28.1 Å². The Labute approximate surface area is 129 Å². The van der Waals surface area contributed by atoms with Gasteiger partial charge in [0.1, 0.15) is 0 Å². The monoisotopic (exact) mass is 339 g/mol. The van der Waals surface area contributed by atoms with Crippen LogP contribution in [0.4, 0.5) is 0 Å². The van der Waals surface area contributed by atoms with E-state index in [-0.39, 0.29) is 17.5 Å². The van der Waals surface area contributed by atoms with E-state index in [4.69, 9.17) is 4.74 Å². The molecule has 1 fully saturated rings. The van der Waals surface area contributed by atoms with Crippen LogP contribution >= 0.6 is 15.9 Å². The predicted octanol–water partition coefficient (Wildman–Crippen LogP) is 3.52. The normalized spacial score (nSPS) is 22.7. The van der Waals surface area contributed by atoms with E-state index >= 15 is 0 Å². The smallest absolute Gasteiger partial charge is 0.164 e. The van der Waals surface area contributed by atoms with Gasteiger partial charge >= 0.3 is 0 Å². The molecule has 1 atom stereocenters. The standard InChI is InChI=1S/C16H22BrNO2/c1-12-10-18(11-16(2,3)20-12)9-8-15(19)13-4-6-14(17)7-5-13/h4-7,12H,8-11H2,1-3H3. The summed E-state index contributed by atoms with van der Waals surface area (Å²) in [6.45, 7) is 8.87. The first-order chi connectivity index (χ1) is 9.35. The van der Waals surface area contributed by atoms with Crippen LogP contribution in [0, 0.1) is 0 Å². The number of ether oxygens (including phenoxy) is 1. The third-order valence-electron chi connectivity index (χ3n) is 3.46. The van der Waals surface area contributed by atoms with Crippen molar-refractivity contribution in [3.8, 4) is 0 Å². The van der Waals surface area contributed by atoms with Crippen LogP contribution in [0.25, 0.3) is 0 Å². The molecule has 0 N–H and O–H groups in total. The van der Waals surface area contributed by atoms with Crippen LogP contribution in [0.1, 0.15) is 37.6 Å². The Bertz CT molecular complexity index is 470. The molecule has 0 aliphatic carbocycles. The van der Waals surface area contributed by atoms with Crippen molar-refractivity contribution in [2.45, 2.75) is 38.9 Å². The molecule has 1 aliphatic heterocycles. The van der Waals surface area contributed by atoms with Crippen molar-refractivity contribution in [3.05, 3.63) is 34.3 Å². The molecule has 1 saturated heterocycles. The molecule has 0 bridgehead atoms. The fourth-order valence-corrected chi connectivity index (χ4v) is 3.06. The summed E-state index contributed by atoms with van der Waals surface area (Å²) in [6.07, 6.45) is 0.784. The molecular formula is C16H22BrNO2. The van der Waals surface area contributed by atoms with Gasteiger partial charge in [-0.25, -0.2) is 0 Å².